The molecule has 1 saturated carbocycles. The molecule has 3 aliphatic rings. The first-order valence-corrected chi connectivity index (χ1v) is 8.70. The lowest BCUT2D eigenvalue weighted by atomic mass is 9.85. The first-order chi connectivity index (χ1) is 10.2. The van der Waals surface area contributed by atoms with Crippen LogP contribution < -0.4 is 0 Å². The van der Waals surface area contributed by atoms with E-state index in [0.29, 0.717) is 24.3 Å². The molecular formula is C18H27NO2. The average Bonchev–Trinajstić information content (AvgIpc) is 3.15. The van der Waals surface area contributed by atoms with Gasteiger partial charge < -0.3 is 0 Å². The second-order valence-electron chi connectivity index (χ2n) is 7.06. The van der Waals surface area contributed by atoms with Crippen LogP contribution in [0, 0.1) is 29.6 Å². The number of rotatable bonds is 7. The molecule has 21 heavy (non-hydrogen) atoms. The Labute approximate surface area is 127 Å². The number of imide groups is 1. The second-order valence-corrected chi connectivity index (χ2v) is 7.06. The van der Waals surface area contributed by atoms with E-state index < -0.39 is 0 Å². The molecule has 5 unspecified atom stereocenters. The van der Waals surface area contributed by atoms with Gasteiger partial charge in [-0.15, -0.1) is 0 Å². The van der Waals surface area contributed by atoms with E-state index in [2.05, 4.69) is 26.0 Å². The van der Waals surface area contributed by atoms with Crippen LogP contribution in [0.5, 0.6) is 0 Å². The van der Waals surface area contributed by atoms with Crippen LogP contribution in [-0.2, 0) is 9.59 Å². The Kier molecular flexibility index (Phi) is 4.19. The Morgan fingerprint density at radius 3 is 2.24 bits per heavy atom. The van der Waals surface area contributed by atoms with Crippen LogP contribution in [0.3, 0.4) is 0 Å². The van der Waals surface area contributed by atoms with Crippen molar-refractivity contribution in [2.75, 3.05) is 6.54 Å². The number of allylic oxidation sites excluding steroid dienone is 2. The lowest BCUT2D eigenvalue weighted by molar-refractivity contribution is -0.141. The highest BCUT2D eigenvalue weighted by Crippen LogP contribution is 2.52. The van der Waals surface area contributed by atoms with E-state index >= 15 is 0 Å². The average molecular weight is 289 g/mol. The summed E-state index contributed by atoms with van der Waals surface area (Å²) in [6.45, 7) is 5.04. The molecule has 1 aliphatic heterocycles. The van der Waals surface area contributed by atoms with Crippen molar-refractivity contribution in [3.8, 4) is 0 Å². The van der Waals surface area contributed by atoms with Crippen molar-refractivity contribution in [2.45, 2.75) is 52.4 Å². The molecule has 0 N–H and O–H groups in total. The second kappa shape index (κ2) is 5.94. The van der Waals surface area contributed by atoms with Crippen molar-refractivity contribution in [3.05, 3.63) is 12.2 Å². The van der Waals surface area contributed by atoms with Crippen molar-refractivity contribution in [3.63, 3.8) is 0 Å². The molecule has 3 nitrogen and oxygen atoms in total. The molecule has 1 saturated heterocycles. The number of carbonyl (C=O) groups excluding carboxylic acids is 2. The molecule has 3 heteroatoms. The van der Waals surface area contributed by atoms with Gasteiger partial charge in [0.1, 0.15) is 0 Å². The fourth-order valence-corrected chi connectivity index (χ4v) is 4.51. The van der Waals surface area contributed by atoms with Crippen LogP contribution in [0.1, 0.15) is 52.4 Å². The van der Waals surface area contributed by atoms with Gasteiger partial charge in [-0.3, -0.25) is 14.5 Å². The number of carbonyl (C=O) groups is 2. The third-order valence-electron chi connectivity index (χ3n) is 5.80. The molecule has 2 fully saturated rings. The summed E-state index contributed by atoms with van der Waals surface area (Å²) in [7, 11) is 0. The molecule has 2 bridgehead atoms. The first kappa shape index (κ1) is 14.8. The zero-order chi connectivity index (χ0) is 15.0. The Morgan fingerprint density at radius 2 is 1.71 bits per heavy atom. The Bertz CT molecular complexity index is 426. The SMILES string of the molecule is CCCCCC(CC)CN1C(=O)C2C3C=CC(C3)C2C1=O. The Hall–Kier alpha value is -1.12. The molecule has 0 spiro atoms. The van der Waals surface area contributed by atoms with E-state index in [4.69, 9.17) is 0 Å². The maximum atomic E-state index is 12.6. The normalized spacial score (nSPS) is 34.9. The minimum Gasteiger partial charge on any atom is -0.282 e. The lowest BCUT2D eigenvalue weighted by Gasteiger charge is -2.23. The molecule has 0 radical (unpaired) electrons. The van der Waals surface area contributed by atoms with E-state index in [1.54, 1.807) is 4.90 Å². The fraction of sp³-hybridized carbons (Fsp3) is 0.778. The maximum absolute atomic E-state index is 12.6. The third-order valence-corrected chi connectivity index (χ3v) is 5.80. The fourth-order valence-electron chi connectivity index (χ4n) is 4.51. The standard InChI is InChI=1S/C18H27NO2/c1-3-5-6-7-12(4-2)11-19-17(20)15-13-8-9-14(10-13)16(15)18(19)21/h8-9,12-16H,3-7,10-11H2,1-2H3. The van der Waals surface area contributed by atoms with Gasteiger partial charge in [0, 0.05) is 6.54 Å². The van der Waals surface area contributed by atoms with E-state index in [1.807, 2.05) is 0 Å². The van der Waals surface area contributed by atoms with Gasteiger partial charge in [0.15, 0.2) is 0 Å². The minimum atomic E-state index is -0.0272. The van der Waals surface area contributed by atoms with Gasteiger partial charge >= 0.3 is 0 Å². The maximum Gasteiger partial charge on any atom is 0.233 e. The summed E-state index contributed by atoms with van der Waals surface area (Å²) in [5.41, 5.74) is 0. The number of hydrogen-bond acceptors (Lipinski definition) is 2. The highest BCUT2D eigenvalue weighted by molar-refractivity contribution is 6.06. The van der Waals surface area contributed by atoms with E-state index in [-0.39, 0.29) is 23.7 Å². The van der Waals surface area contributed by atoms with Crippen molar-refractivity contribution in [1.29, 1.82) is 0 Å². The summed E-state index contributed by atoms with van der Waals surface area (Å²) >= 11 is 0. The Morgan fingerprint density at radius 1 is 1.10 bits per heavy atom. The number of unbranched alkanes of at least 4 members (excludes halogenated alkanes) is 2. The first-order valence-electron chi connectivity index (χ1n) is 8.70. The highest BCUT2D eigenvalue weighted by atomic mass is 16.2. The highest BCUT2D eigenvalue weighted by Gasteiger charge is 2.59. The zero-order valence-corrected chi connectivity index (χ0v) is 13.3. The molecule has 0 aromatic rings. The van der Waals surface area contributed by atoms with Crippen LogP contribution in [0.15, 0.2) is 12.2 Å². The summed E-state index contributed by atoms with van der Waals surface area (Å²) in [6, 6.07) is 0. The van der Waals surface area contributed by atoms with Crippen LogP contribution in [0.25, 0.3) is 0 Å². The summed E-state index contributed by atoms with van der Waals surface area (Å²) in [5, 5.41) is 0. The predicted octanol–water partition coefficient (Wildman–Crippen LogP) is 3.40. The largest absolute Gasteiger partial charge is 0.282 e. The number of nitrogens with zero attached hydrogens (tertiary/aromatic N) is 1. The molecule has 2 aliphatic carbocycles. The van der Waals surface area contributed by atoms with E-state index in [1.165, 1.54) is 19.3 Å². The molecule has 0 aromatic carbocycles. The zero-order valence-electron chi connectivity index (χ0n) is 13.3. The van der Waals surface area contributed by atoms with Crippen LogP contribution in [-0.4, -0.2) is 23.3 Å². The molecule has 2 amide bonds. The van der Waals surface area contributed by atoms with Crippen molar-refractivity contribution in [1.82, 2.24) is 4.90 Å². The van der Waals surface area contributed by atoms with Gasteiger partial charge in [-0.25, -0.2) is 0 Å². The molecule has 3 rings (SSSR count). The topological polar surface area (TPSA) is 37.4 Å². The van der Waals surface area contributed by atoms with Crippen molar-refractivity contribution < 1.29 is 9.59 Å². The van der Waals surface area contributed by atoms with Crippen LogP contribution in [0.2, 0.25) is 0 Å². The summed E-state index contributed by atoms with van der Waals surface area (Å²) in [4.78, 5) is 26.9. The van der Waals surface area contributed by atoms with Gasteiger partial charge in [0.05, 0.1) is 11.8 Å². The molecular weight excluding hydrogens is 262 g/mol. The van der Waals surface area contributed by atoms with Crippen LogP contribution in [0.4, 0.5) is 0 Å². The van der Waals surface area contributed by atoms with Gasteiger partial charge in [0.25, 0.3) is 0 Å². The quantitative estimate of drug-likeness (QED) is 0.409. The van der Waals surface area contributed by atoms with E-state index in [9.17, 15) is 9.59 Å². The number of hydrogen-bond donors (Lipinski definition) is 0. The summed E-state index contributed by atoms with van der Waals surface area (Å²) < 4.78 is 0. The van der Waals surface area contributed by atoms with Gasteiger partial charge in [-0.1, -0.05) is 51.7 Å². The predicted molar refractivity (Wildman–Crippen MR) is 82.4 cm³/mol. The van der Waals surface area contributed by atoms with Gasteiger partial charge in [-0.2, -0.15) is 0 Å². The lowest BCUT2D eigenvalue weighted by Crippen LogP contribution is -2.37. The summed E-state index contributed by atoms with van der Waals surface area (Å²) in [6.07, 6.45) is 11.2. The Balaban J connectivity index is 1.64. The molecule has 1 heterocycles. The smallest absolute Gasteiger partial charge is 0.233 e. The van der Waals surface area contributed by atoms with Gasteiger partial charge in [-0.05, 0) is 30.6 Å². The minimum absolute atomic E-state index is 0.0272. The van der Waals surface area contributed by atoms with Crippen molar-refractivity contribution >= 4 is 11.8 Å². The van der Waals surface area contributed by atoms with Crippen LogP contribution >= 0.6 is 0 Å². The third kappa shape index (κ3) is 2.45. The van der Waals surface area contributed by atoms with E-state index in [0.717, 1.165) is 19.3 Å². The number of fused-ring (bicyclic) bond motifs is 5. The molecule has 0 aromatic heterocycles. The van der Waals surface area contributed by atoms with Gasteiger partial charge in [0.2, 0.25) is 11.8 Å². The summed E-state index contributed by atoms with van der Waals surface area (Å²) in [5.74, 6) is 1.34. The van der Waals surface area contributed by atoms with Crippen molar-refractivity contribution in [2.24, 2.45) is 29.6 Å². The number of likely N-dealkylation sites (tertiary alicyclic amines) is 1. The molecule has 116 valence electrons. The number of amides is 2. The molecule has 5 atom stereocenters. The monoisotopic (exact) mass is 289 g/mol.